The molecule has 124 valence electrons. The first-order chi connectivity index (χ1) is 11.6. The molecule has 1 amide bonds. The molecule has 0 bridgehead atoms. The quantitative estimate of drug-likeness (QED) is 0.847. The summed E-state index contributed by atoms with van der Waals surface area (Å²) in [6, 6.07) is 14.1. The number of carbonyl (C=O) groups excluding carboxylic acids is 1. The second-order valence-electron chi connectivity index (χ2n) is 7.09. The van der Waals surface area contributed by atoms with E-state index in [4.69, 9.17) is 11.6 Å². The smallest absolute Gasteiger partial charge is 0.260 e. The summed E-state index contributed by atoms with van der Waals surface area (Å²) >= 11 is 6.30. The Hall–Kier alpha value is -1.84. The minimum Gasteiger partial charge on any atom is -0.337 e. The van der Waals surface area contributed by atoms with Crippen molar-refractivity contribution in [3.63, 3.8) is 0 Å². The molecule has 24 heavy (non-hydrogen) atoms. The summed E-state index contributed by atoms with van der Waals surface area (Å²) in [5.74, 6) is 0.442. The van der Waals surface area contributed by atoms with Crippen molar-refractivity contribution in [3.05, 3.63) is 64.2 Å². The number of carbonyl (C=O) groups is 1. The first-order valence-corrected chi connectivity index (χ1v) is 8.94. The van der Waals surface area contributed by atoms with Crippen LogP contribution >= 0.6 is 11.6 Å². The second kappa shape index (κ2) is 5.91. The molecule has 3 atom stereocenters. The van der Waals surface area contributed by atoms with E-state index in [0.717, 1.165) is 25.2 Å². The highest BCUT2D eigenvalue weighted by Crippen LogP contribution is 2.44. The highest BCUT2D eigenvalue weighted by molar-refractivity contribution is 6.34. The van der Waals surface area contributed by atoms with Crippen molar-refractivity contribution in [2.45, 2.75) is 25.3 Å². The summed E-state index contributed by atoms with van der Waals surface area (Å²) in [6.07, 6.45) is 1.03. The molecule has 3 nitrogen and oxygen atoms in total. The zero-order chi connectivity index (χ0) is 16.8. The van der Waals surface area contributed by atoms with Crippen molar-refractivity contribution in [3.8, 4) is 0 Å². The van der Waals surface area contributed by atoms with Crippen LogP contribution in [0.3, 0.4) is 0 Å². The number of fused-ring (bicyclic) bond motifs is 3. The Labute approximate surface area is 147 Å². The van der Waals surface area contributed by atoms with Gasteiger partial charge in [0.05, 0.1) is 42.7 Å². The number of halogens is 1. The number of nitrogens with zero attached hydrogens (tertiary/aromatic N) is 1. The van der Waals surface area contributed by atoms with Crippen LogP contribution in [0.15, 0.2) is 42.5 Å². The summed E-state index contributed by atoms with van der Waals surface area (Å²) in [6.45, 7) is 4.29. The van der Waals surface area contributed by atoms with Crippen molar-refractivity contribution < 1.29 is 9.69 Å². The van der Waals surface area contributed by atoms with E-state index in [1.807, 2.05) is 23.1 Å². The molecule has 0 aliphatic carbocycles. The summed E-state index contributed by atoms with van der Waals surface area (Å²) < 4.78 is 0. The summed E-state index contributed by atoms with van der Waals surface area (Å²) in [4.78, 5) is 16.8. The Morgan fingerprint density at radius 1 is 1.25 bits per heavy atom. The minimum absolute atomic E-state index is 0.0257. The van der Waals surface area contributed by atoms with E-state index in [2.05, 4.69) is 32.2 Å². The highest BCUT2D eigenvalue weighted by Gasteiger charge is 2.46. The number of quaternary nitrogens is 1. The van der Waals surface area contributed by atoms with Gasteiger partial charge in [0.15, 0.2) is 0 Å². The maximum atomic E-state index is 13.3. The molecule has 2 aromatic rings. The fourth-order valence-corrected chi connectivity index (χ4v) is 4.45. The predicted molar refractivity (Wildman–Crippen MR) is 97.2 cm³/mol. The molecule has 2 aliphatic rings. The van der Waals surface area contributed by atoms with Crippen molar-refractivity contribution >= 4 is 23.2 Å². The number of rotatable bonds is 1. The van der Waals surface area contributed by atoms with Crippen LogP contribution in [0.1, 0.15) is 33.8 Å². The molecule has 1 fully saturated rings. The van der Waals surface area contributed by atoms with E-state index in [-0.39, 0.29) is 11.9 Å². The molecule has 0 spiro atoms. The molecule has 1 N–H and O–H groups in total. The normalized spacial score (nSPS) is 25.3. The number of hydrogen-bond donors (Lipinski definition) is 1. The molecule has 2 heterocycles. The molecule has 1 saturated heterocycles. The SMILES string of the molecule is Cc1ccc2c(c1)[C@@H]1C[NH+](C)CC[C@H]1N2C(=O)c1ccccc1Cl. The average Bonchev–Trinajstić information content (AvgIpc) is 2.88. The van der Waals surface area contributed by atoms with Gasteiger partial charge < -0.3 is 9.80 Å². The number of piperidine rings is 1. The van der Waals surface area contributed by atoms with Crippen molar-refractivity contribution in [1.29, 1.82) is 0 Å². The lowest BCUT2D eigenvalue weighted by molar-refractivity contribution is -0.886. The molecule has 0 aromatic heterocycles. The maximum Gasteiger partial charge on any atom is 0.260 e. The molecule has 4 rings (SSSR count). The van der Waals surface area contributed by atoms with E-state index in [1.165, 1.54) is 16.0 Å². The van der Waals surface area contributed by atoms with Gasteiger partial charge in [0.25, 0.3) is 5.91 Å². The van der Waals surface area contributed by atoms with E-state index in [1.54, 1.807) is 6.07 Å². The van der Waals surface area contributed by atoms with E-state index < -0.39 is 0 Å². The van der Waals surface area contributed by atoms with Crippen LogP contribution in [0.5, 0.6) is 0 Å². The lowest BCUT2D eigenvalue weighted by atomic mass is 9.88. The number of likely N-dealkylation sites (tertiary alicyclic amines) is 1. The highest BCUT2D eigenvalue weighted by atomic mass is 35.5. The van der Waals surface area contributed by atoms with Crippen LogP contribution in [0.2, 0.25) is 5.02 Å². The Balaban J connectivity index is 1.81. The van der Waals surface area contributed by atoms with Crippen LogP contribution in [-0.2, 0) is 0 Å². The lowest BCUT2D eigenvalue weighted by Crippen LogP contribution is -3.11. The van der Waals surface area contributed by atoms with Crippen LogP contribution in [0, 0.1) is 6.92 Å². The van der Waals surface area contributed by atoms with Gasteiger partial charge >= 0.3 is 0 Å². The van der Waals surface area contributed by atoms with Crippen LogP contribution in [-0.4, -0.2) is 32.1 Å². The topological polar surface area (TPSA) is 24.8 Å². The average molecular weight is 342 g/mol. The summed E-state index contributed by atoms with van der Waals surface area (Å²) in [5, 5.41) is 0.526. The van der Waals surface area contributed by atoms with E-state index in [9.17, 15) is 4.79 Å². The Morgan fingerprint density at radius 3 is 2.83 bits per heavy atom. The van der Waals surface area contributed by atoms with Gasteiger partial charge in [-0.1, -0.05) is 41.4 Å². The predicted octanol–water partition coefficient (Wildman–Crippen LogP) is 2.68. The minimum atomic E-state index is 0.0257. The summed E-state index contributed by atoms with van der Waals surface area (Å²) in [5.41, 5.74) is 4.23. The molecule has 2 aromatic carbocycles. The van der Waals surface area contributed by atoms with E-state index >= 15 is 0 Å². The largest absolute Gasteiger partial charge is 0.337 e. The van der Waals surface area contributed by atoms with Gasteiger partial charge in [-0.2, -0.15) is 0 Å². The van der Waals surface area contributed by atoms with Crippen LogP contribution in [0.25, 0.3) is 0 Å². The van der Waals surface area contributed by atoms with Crippen molar-refractivity contribution in [2.75, 3.05) is 25.0 Å². The van der Waals surface area contributed by atoms with Gasteiger partial charge in [-0.05, 0) is 30.7 Å². The summed E-state index contributed by atoms with van der Waals surface area (Å²) in [7, 11) is 2.24. The monoisotopic (exact) mass is 341 g/mol. The fraction of sp³-hybridized carbons (Fsp3) is 0.350. The van der Waals surface area contributed by atoms with Gasteiger partial charge in [-0.25, -0.2) is 0 Å². The Bertz CT molecular complexity index is 804. The van der Waals surface area contributed by atoms with Gasteiger partial charge in [-0.15, -0.1) is 0 Å². The number of hydrogen-bond acceptors (Lipinski definition) is 1. The van der Waals surface area contributed by atoms with Crippen LogP contribution in [0.4, 0.5) is 5.69 Å². The number of nitrogens with one attached hydrogen (secondary N) is 1. The first kappa shape index (κ1) is 15.7. The molecular formula is C20H22ClN2O+. The molecule has 2 aliphatic heterocycles. The second-order valence-corrected chi connectivity index (χ2v) is 7.50. The molecule has 1 unspecified atom stereocenters. The molecule has 4 heteroatoms. The zero-order valence-electron chi connectivity index (χ0n) is 14.1. The Morgan fingerprint density at radius 2 is 2.04 bits per heavy atom. The lowest BCUT2D eigenvalue weighted by Gasteiger charge is -2.34. The molecule has 0 saturated carbocycles. The van der Waals surface area contributed by atoms with Gasteiger partial charge in [0.1, 0.15) is 0 Å². The van der Waals surface area contributed by atoms with Crippen molar-refractivity contribution in [1.82, 2.24) is 0 Å². The van der Waals surface area contributed by atoms with Gasteiger partial charge in [-0.3, -0.25) is 4.79 Å². The molecular weight excluding hydrogens is 320 g/mol. The first-order valence-electron chi connectivity index (χ1n) is 8.56. The third-order valence-electron chi connectivity index (χ3n) is 5.40. The number of aryl methyl sites for hydroxylation is 1. The van der Waals surface area contributed by atoms with Gasteiger partial charge in [0, 0.05) is 12.1 Å². The standard InChI is InChI=1S/C20H21ClN2O/c1-13-7-8-18-15(11-13)16-12-22(2)10-9-19(16)23(18)20(24)14-5-3-4-6-17(14)21/h3-8,11,16,19H,9-10,12H2,1-2H3/p+1/t16-,19+/m0/s1. The number of amides is 1. The maximum absolute atomic E-state index is 13.3. The van der Waals surface area contributed by atoms with E-state index in [0.29, 0.717) is 16.5 Å². The van der Waals surface area contributed by atoms with Crippen LogP contribution < -0.4 is 9.80 Å². The Kier molecular flexibility index (Phi) is 3.86. The number of anilines is 1. The third kappa shape index (κ3) is 2.43. The molecule has 0 radical (unpaired) electrons. The number of benzene rings is 2. The third-order valence-corrected chi connectivity index (χ3v) is 5.73. The van der Waals surface area contributed by atoms with Gasteiger partial charge in [0.2, 0.25) is 0 Å². The zero-order valence-corrected chi connectivity index (χ0v) is 14.8. The van der Waals surface area contributed by atoms with Crippen molar-refractivity contribution in [2.24, 2.45) is 0 Å². The number of likely N-dealkylation sites (N-methyl/N-ethyl adjacent to an activating group) is 1. The fourth-order valence-electron chi connectivity index (χ4n) is 4.23.